The van der Waals surface area contributed by atoms with Crippen molar-refractivity contribution in [2.45, 2.75) is 33.1 Å². The van der Waals surface area contributed by atoms with E-state index in [0.29, 0.717) is 5.92 Å². The lowest BCUT2D eigenvalue weighted by molar-refractivity contribution is 0.378. The van der Waals surface area contributed by atoms with Crippen LogP contribution in [0.15, 0.2) is 12.2 Å². The maximum absolute atomic E-state index is 3.98. The highest BCUT2D eigenvalue weighted by molar-refractivity contribution is 5.04. The van der Waals surface area contributed by atoms with Crippen molar-refractivity contribution < 1.29 is 0 Å². The van der Waals surface area contributed by atoms with Crippen molar-refractivity contribution >= 4 is 0 Å². The fourth-order valence-corrected chi connectivity index (χ4v) is 1.63. The molecule has 0 heterocycles. The summed E-state index contributed by atoms with van der Waals surface area (Å²) in [5.41, 5.74) is 1.34. The molecule has 2 unspecified atom stereocenters. The van der Waals surface area contributed by atoms with Gasteiger partial charge in [-0.3, -0.25) is 0 Å². The third-order valence-corrected chi connectivity index (χ3v) is 2.40. The van der Waals surface area contributed by atoms with E-state index in [0.717, 1.165) is 5.92 Å². The van der Waals surface area contributed by atoms with E-state index in [2.05, 4.69) is 26.8 Å². The van der Waals surface area contributed by atoms with Gasteiger partial charge in [-0.25, -0.2) is 0 Å². The molecule has 10 heavy (non-hydrogen) atoms. The zero-order valence-corrected chi connectivity index (χ0v) is 7.06. The second kappa shape index (κ2) is 3.23. The highest BCUT2D eigenvalue weighted by atomic mass is 14.2. The molecule has 0 N–H and O–H groups in total. The largest absolute Gasteiger partial charge is 0.0999 e. The smallest absolute Gasteiger partial charge is 0.0175 e. The molecule has 0 amide bonds. The summed E-state index contributed by atoms with van der Waals surface area (Å²) >= 11 is 0. The molecular formula is C10H17. The van der Waals surface area contributed by atoms with Crippen molar-refractivity contribution in [3.63, 3.8) is 0 Å². The molecule has 0 saturated heterocycles. The normalized spacial score (nSPS) is 33.8. The van der Waals surface area contributed by atoms with Gasteiger partial charge in [-0.1, -0.05) is 25.5 Å². The SMILES string of the molecule is C=C(C)C1[CH]CCC(C)C1. The highest BCUT2D eigenvalue weighted by Gasteiger charge is 2.18. The lowest BCUT2D eigenvalue weighted by Crippen LogP contribution is -2.14. The van der Waals surface area contributed by atoms with E-state index >= 15 is 0 Å². The first-order chi connectivity index (χ1) is 4.70. The summed E-state index contributed by atoms with van der Waals surface area (Å²) in [5, 5.41) is 0. The molecule has 1 fully saturated rings. The van der Waals surface area contributed by atoms with Gasteiger partial charge >= 0.3 is 0 Å². The Morgan fingerprint density at radius 3 is 2.70 bits per heavy atom. The van der Waals surface area contributed by atoms with E-state index in [4.69, 9.17) is 0 Å². The molecule has 2 atom stereocenters. The Morgan fingerprint density at radius 2 is 2.30 bits per heavy atom. The van der Waals surface area contributed by atoms with Crippen LogP contribution in [0.3, 0.4) is 0 Å². The molecule has 57 valence electrons. The van der Waals surface area contributed by atoms with Gasteiger partial charge in [-0.05, 0) is 38.0 Å². The van der Waals surface area contributed by atoms with E-state index in [9.17, 15) is 0 Å². The fourth-order valence-electron chi connectivity index (χ4n) is 1.63. The van der Waals surface area contributed by atoms with Gasteiger partial charge in [-0.2, -0.15) is 0 Å². The van der Waals surface area contributed by atoms with Crippen molar-refractivity contribution in [3.8, 4) is 0 Å². The third kappa shape index (κ3) is 1.86. The molecule has 1 aliphatic carbocycles. The van der Waals surface area contributed by atoms with Crippen molar-refractivity contribution in [2.75, 3.05) is 0 Å². The second-order valence-electron chi connectivity index (χ2n) is 3.61. The van der Waals surface area contributed by atoms with Crippen molar-refractivity contribution in [1.82, 2.24) is 0 Å². The van der Waals surface area contributed by atoms with Crippen LogP contribution in [0.5, 0.6) is 0 Å². The molecule has 0 aromatic carbocycles. The summed E-state index contributed by atoms with van der Waals surface area (Å²) in [7, 11) is 0. The summed E-state index contributed by atoms with van der Waals surface area (Å²) in [6.07, 6.45) is 6.42. The summed E-state index contributed by atoms with van der Waals surface area (Å²) in [6.45, 7) is 8.46. The maximum atomic E-state index is 3.98. The van der Waals surface area contributed by atoms with E-state index in [-0.39, 0.29) is 0 Å². The lowest BCUT2D eigenvalue weighted by Gasteiger charge is -2.26. The summed E-state index contributed by atoms with van der Waals surface area (Å²) in [6, 6.07) is 0. The number of hydrogen-bond donors (Lipinski definition) is 0. The van der Waals surface area contributed by atoms with E-state index in [1.54, 1.807) is 0 Å². The molecule has 1 radical (unpaired) electrons. The second-order valence-corrected chi connectivity index (χ2v) is 3.61. The van der Waals surface area contributed by atoms with Crippen LogP contribution >= 0.6 is 0 Å². The van der Waals surface area contributed by atoms with Gasteiger partial charge in [0.05, 0.1) is 0 Å². The van der Waals surface area contributed by atoms with E-state index in [1.807, 2.05) is 0 Å². The first-order valence-corrected chi connectivity index (χ1v) is 4.19. The van der Waals surface area contributed by atoms with E-state index < -0.39 is 0 Å². The average Bonchev–Trinajstić information content (AvgIpc) is 1.88. The predicted octanol–water partition coefficient (Wildman–Crippen LogP) is 3.20. The number of rotatable bonds is 1. The topological polar surface area (TPSA) is 0 Å². The van der Waals surface area contributed by atoms with Gasteiger partial charge in [0.1, 0.15) is 0 Å². The molecule has 1 aliphatic rings. The van der Waals surface area contributed by atoms with Crippen LogP contribution in [-0.2, 0) is 0 Å². The Labute approximate surface area is 64.3 Å². The maximum Gasteiger partial charge on any atom is -0.0175 e. The summed E-state index contributed by atoms with van der Waals surface area (Å²) < 4.78 is 0. The zero-order valence-electron chi connectivity index (χ0n) is 7.06. The lowest BCUT2D eigenvalue weighted by atomic mass is 9.79. The van der Waals surface area contributed by atoms with Gasteiger partial charge in [0, 0.05) is 0 Å². The number of allylic oxidation sites excluding steroid dienone is 1. The first-order valence-electron chi connectivity index (χ1n) is 4.19. The average molecular weight is 137 g/mol. The molecule has 0 aliphatic heterocycles. The Balaban J connectivity index is 2.39. The van der Waals surface area contributed by atoms with Crippen LogP contribution in [0.4, 0.5) is 0 Å². The molecule has 1 saturated carbocycles. The minimum absolute atomic E-state index is 0.712. The minimum atomic E-state index is 0.712. The van der Waals surface area contributed by atoms with E-state index in [1.165, 1.54) is 24.8 Å². The van der Waals surface area contributed by atoms with Gasteiger partial charge in [0.2, 0.25) is 0 Å². The molecule has 0 nitrogen and oxygen atoms in total. The highest BCUT2D eigenvalue weighted by Crippen LogP contribution is 2.31. The minimum Gasteiger partial charge on any atom is -0.0999 e. The van der Waals surface area contributed by atoms with Gasteiger partial charge in [0.25, 0.3) is 0 Å². The van der Waals surface area contributed by atoms with Gasteiger partial charge < -0.3 is 0 Å². The molecule has 0 aromatic heterocycles. The third-order valence-electron chi connectivity index (χ3n) is 2.40. The van der Waals surface area contributed by atoms with Crippen molar-refractivity contribution in [1.29, 1.82) is 0 Å². The molecule has 0 spiro atoms. The monoisotopic (exact) mass is 137 g/mol. The number of hydrogen-bond acceptors (Lipinski definition) is 0. The Hall–Kier alpha value is -0.260. The van der Waals surface area contributed by atoms with Crippen LogP contribution in [0.25, 0.3) is 0 Å². The quantitative estimate of drug-likeness (QED) is 0.487. The van der Waals surface area contributed by atoms with Crippen LogP contribution in [0.1, 0.15) is 33.1 Å². The van der Waals surface area contributed by atoms with Crippen LogP contribution in [-0.4, -0.2) is 0 Å². The molecule has 1 rings (SSSR count). The Morgan fingerprint density at radius 1 is 1.60 bits per heavy atom. The van der Waals surface area contributed by atoms with Crippen molar-refractivity contribution in [3.05, 3.63) is 18.6 Å². The zero-order chi connectivity index (χ0) is 7.56. The summed E-state index contributed by atoms with van der Waals surface area (Å²) in [4.78, 5) is 0. The standard InChI is InChI=1S/C10H17/c1-8(2)10-6-4-5-9(3)7-10/h6,9-10H,1,4-5,7H2,2-3H3. The van der Waals surface area contributed by atoms with Crippen molar-refractivity contribution in [2.24, 2.45) is 11.8 Å². The molecule has 0 heteroatoms. The molecule has 0 aromatic rings. The van der Waals surface area contributed by atoms with Crippen LogP contribution in [0, 0.1) is 18.3 Å². The predicted molar refractivity (Wildman–Crippen MR) is 45.6 cm³/mol. The fraction of sp³-hybridized carbons (Fsp3) is 0.700. The Kier molecular flexibility index (Phi) is 2.53. The van der Waals surface area contributed by atoms with Crippen LogP contribution < -0.4 is 0 Å². The first kappa shape index (κ1) is 7.84. The molecule has 0 bridgehead atoms. The van der Waals surface area contributed by atoms with Crippen LogP contribution in [0.2, 0.25) is 0 Å². The Bertz CT molecular complexity index is 124. The summed E-state index contributed by atoms with van der Waals surface area (Å²) in [5.74, 6) is 1.62. The van der Waals surface area contributed by atoms with Gasteiger partial charge in [-0.15, -0.1) is 0 Å². The molecular weight excluding hydrogens is 120 g/mol. The van der Waals surface area contributed by atoms with Gasteiger partial charge in [0.15, 0.2) is 0 Å².